The molecule has 1 aliphatic rings. The van der Waals surface area contributed by atoms with Crippen LogP contribution in [-0.2, 0) is 6.42 Å². The zero-order chi connectivity index (χ0) is 17.4. The van der Waals surface area contributed by atoms with Crippen LogP contribution >= 0.6 is 22.7 Å². The highest BCUT2D eigenvalue weighted by molar-refractivity contribution is 7.20. The van der Waals surface area contributed by atoms with Crippen LogP contribution < -0.4 is 9.64 Å². The Morgan fingerprint density at radius 3 is 2.92 bits per heavy atom. The molecule has 0 radical (unpaired) electrons. The Balaban J connectivity index is 1.72. The highest BCUT2D eigenvalue weighted by Crippen LogP contribution is 2.39. The largest absolute Gasteiger partial charge is 0.495 e. The Labute approximate surface area is 154 Å². The third kappa shape index (κ3) is 2.85. The fraction of sp³-hybridized carbons (Fsp3) is 0.263. The van der Waals surface area contributed by atoms with Crippen LogP contribution in [0.3, 0.4) is 0 Å². The predicted molar refractivity (Wildman–Crippen MR) is 103 cm³/mol. The Morgan fingerprint density at radius 2 is 2.16 bits per heavy atom. The molecule has 0 N–H and O–H groups in total. The van der Waals surface area contributed by atoms with E-state index in [0.29, 0.717) is 12.2 Å². The van der Waals surface area contributed by atoms with Gasteiger partial charge in [0.1, 0.15) is 16.5 Å². The summed E-state index contributed by atoms with van der Waals surface area (Å²) in [4.78, 5) is 20.6. The molecular weight excluding hydrogens is 352 g/mol. The smallest absolute Gasteiger partial charge is 0.277 e. The summed E-state index contributed by atoms with van der Waals surface area (Å²) in [5.41, 5.74) is 3.81. The minimum Gasteiger partial charge on any atom is -0.495 e. The van der Waals surface area contributed by atoms with Gasteiger partial charge in [-0.1, -0.05) is 12.1 Å². The van der Waals surface area contributed by atoms with E-state index in [1.807, 2.05) is 33.9 Å². The Kier molecular flexibility index (Phi) is 4.31. The molecule has 128 valence electrons. The lowest BCUT2D eigenvalue weighted by molar-refractivity contribution is 0.0980. The van der Waals surface area contributed by atoms with Crippen molar-refractivity contribution in [3.8, 4) is 15.6 Å². The number of carbonyl (C=O) groups excluding carboxylic acids is 1. The van der Waals surface area contributed by atoms with Crippen molar-refractivity contribution < 1.29 is 9.53 Å². The number of aromatic nitrogens is 1. The molecule has 3 aromatic rings. The average Bonchev–Trinajstić information content (AvgIpc) is 3.32. The van der Waals surface area contributed by atoms with Gasteiger partial charge in [-0.05, 0) is 48.4 Å². The van der Waals surface area contributed by atoms with E-state index in [4.69, 9.17) is 4.74 Å². The quantitative estimate of drug-likeness (QED) is 0.666. The summed E-state index contributed by atoms with van der Waals surface area (Å²) in [6.07, 6.45) is 1.92. The topological polar surface area (TPSA) is 42.4 Å². The number of ether oxygens (including phenoxy) is 1. The highest BCUT2D eigenvalue weighted by Gasteiger charge is 2.29. The molecule has 0 unspecified atom stereocenters. The molecule has 0 fully saturated rings. The summed E-state index contributed by atoms with van der Waals surface area (Å²) >= 11 is 3.15. The summed E-state index contributed by atoms with van der Waals surface area (Å²) in [5, 5.41) is 4.77. The summed E-state index contributed by atoms with van der Waals surface area (Å²) in [6, 6.07) is 8.03. The van der Waals surface area contributed by atoms with Crippen molar-refractivity contribution in [2.45, 2.75) is 19.8 Å². The molecule has 0 bridgehead atoms. The minimum atomic E-state index is -0.0519. The van der Waals surface area contributed by atoms with Crippen LogP contribution in [0.2, 0.25) is 0 Å². The van der Waals surface area contributed by atoms with E-state index in [0.717, 1.165) is 34.2 Å². The Bertz CT molecular complexity index is 916. The average molecular weight is 370 g/mol. The van der Waals surface area contributed by atoms with E-state index >= 15 is 0 Å². The van der Waals surface area contributed by atoms with Gasteiger partial charge in [0.15, 0.2) is 0 Å². The number of thiophene rings is 1. The number of nitrogens with zero attached hydrogens (tertiary/aromatic N) is 2. The number of hydrogen-bond acceptors (Lipinski definition) is 5. The molecule has 25 heavy (non-hydrogen) atoms. The van der Waals surface area contributed by atoms with Crippen molar-refractivity contribution in [1.29, 1.82) is 0 Å². The van der Waals surface area contributed by atoms with Crippen LogP contribution in [0.1, 0.15) is 28.0 Å². The second-order valence-corrected chi connectivity index (χ2v) is 7.79. The van der Waals surface area contributed by atoms with Gasteiger partial charge >= 0.3 is 0 Å². The van der Waals surface area contributed by atoms with Gasteiger partial charge in [0.25, 0.3) is 5.91 Å². The number of benzene rings is 1. The minimum absolute atomic E-state index is 0.0519. The summed E-state index contributed by atoms with van der Waals surface area (Å²) in [5.74, 6) is 0.700. The SMILES string of the molecule is COc1ccc(C)c2c1N(C(=O)c1csc(-c3cccs3)n1)CCC2. The van der Waals surface area contributed by atoms with E-state index in [1.165, 1.54) is 22.5 Å². The van der Waals surface area contributed by atoms with Crippen molar-refractivity contribution in [2.24, 2.45) is 0 Å². The van der Waals surface area contributed by atoms with Crippen LogP contribution in [0.15, 0.2) is 35.0 Å². The first kappa shape index (κ1) is 16.3. The fourth-order valence-electron chi connectivity index (χ4n) is 3.24. The lowest BCUT2D eigenvalue weighted by Crippen LogP contribution is -2.36. The Hall–Kier alpha value is -2.18. The molecule has 1 aliphatic heterocycles. The number of methoxy groups -OCH3 is 1. The molecule has 1 aromatic carbocycles. The predicted octanol–water partition coefficient (Wildman–Crippen LogP) is 4.78. The van der Waals surface area contributed by atoms with E-state index < -0.39 is 0 Å². The Morgan fingerprint density at radius 1 is 1.28 bits per heavy atom. The van der Waals surface area contributed by atoms with Crippen LogP contribution in [0.25, 0.3) is 9.88 Å². The second-order valence-electron chi connectivity index (χ2n) is 5.99. The molecule has 4 nitrogen and oxygen atoms in total. The van der Waals surface area contributed by atoms with Crippen molar-refractivity contribution in [3.05, 3.63) is 51.8 Å². The van der Waals surface area contributed by atoms with Gasteiger partial charge in [0.2, 0.25) is 0 Å². The summed E-state index contributed by atoms with van der Waals surface area (Å²) < 4.78 is 5.54. The molecule has 2 aromatic heterocycles. The first-order valence-electron chi connectivity index (χ1n) is 8.17. The molecule has 0 atom stereocenters. The van der Waals surface area contributed by atoms with Gasteiger partial charge < -0.3 is 9.64 Å². The standard InChI is InChI=1S/C19H18N2O2S2/c1-12-7-8-15(23-2)17-13(12)5-3-9-21(17)19(22)14-11-25-18(20-14)16-6-4-10-24-16/h4,6-8,10-11H,3,5,9H2,1-2H3. The number of thiazole rings is 1. The van der Waals surface area contributed by atoms with Crippen LogP contribution in [0, 0.1) is 6.92 Å². The number of fused-ring (bicyclic) bond motifs is 1. The van der Waals surface area contributed by atoms with E-state index in [-0.39, 0.29) is 5.91 Å². The maximum atomic E-state index is 13.1. The van der Waals surface area contributed by atoms with Crippen molar-refractivity contribution >= 4 is 34.3 Å². The van der Waals surface area contributed by atoms with Gasteiger partial charge in [-0.2, -0.15) is 0 Å². The van der Waals surface area contributed by atoms with Crippen LogP contribution in [-0.4, -0.2) is 24.5 Å². The molecule has 6 heteroatoms. The van der Waals surface area contributed by atoms with Crippen molar-refractivity contribution in [1.82, 2.24) is 4.98 Å². The molecule has 1 amide bonds. The lowest BCUT2D eigenvalue weighted by Gasteiger charge is -2.31. The highest BCUT2D eigenvalue weighted by atomic mass is 32.1. The molecule has 0 saturated carbocycles. The summed E-state index contributed by atoms with van der Waals surface area (Å²) in [7, 11) is 1.65. The van der Waals surface area contributed by atoms with Crippen LogP contribution in [0.5, 0.6) is 5.75 Å². The van der Waals surface area contributed by atoms with E-state index in [2.05, 4.69) is 18.0 Å². The lowest BCUT2D eigenvalue weighted by atomic mass is 9.96. The number of rotatable bonds is 3. The van der Waals surface area contributed by atoms with Gasteiger partial charge in [-0.15, -0.1) is 22.7 Å². The van der Waals surface area contributed by atoms with Gasteiger partial charge in [-0.25, -0.2) is 4.98 Å². The molecule has 0 spiro atoms. The molecule has 3 heterocycles. The molecule has 0 saturated heterocycles. The third-order valence-electron chi connectivity index (χ3n) is 4.48. The zero-order valence-corrected chi connectivity index (χ0v) is 15.7. The maximum absolute atomic E-state index is 13.1. The molecule has 4 rings (SSSR count). The number of carbonyl (C=O) groups is 1. The van der Waals surface area contributed by atoms with E-state index in [1.54, 1.807) is 18.4 Å². The fourth-order valence-corrected chi connectivity index (χ4v) is 4.85. The normalized spacial score (nSPS) is 13.6. The van der Waals surface area contributed by atoms with Gasteiger partial charge in [0, 0.05) is 11.9 Å². The molecular formula is C19H18N2O2S2. The number of aryl methyl sites for hydroxylation is 1. The summed E-state index contributed by atoms with van der Waals surface area (Å²) in [6.45, 7) is 2.78. The van der Waals surface area contributed by atoms with Gasteiger partial charge in [0.05, 0.1) is 17.7 Å². The number of amides is 1. The second kappa shape index (κ2) is 6.61. The monoisotopic (exact) mass is 370 g/mol. The maximum Gasteiger partial charge on any atom is 0.277 e. The number of anilines is 1. The van der Waals surface area contributed by atoms with Crippen molar-refractivity contribution in [3.63, 3.8) is 0 Å². The third-order valence-corrected chi connectivity index (χ3v) is 6.36. The van der Waals surface area contributed by atoms with Gasteiger partial charge in [-0.3, -0.25) is 4.79 Å². The number of hydrogen-bond donors (Lipinski definition) is 0. The van der Waals surface area contributed by atoms with E-state index in [9.17, 15) is 4.79 Å². The van der Waals surface area contributed by atoms with Crippen LogP contribution in [0.4, 0.5) is 5.69 Å². The first-order chi connectivity index (χ1) is 12.2. The molecule has 0 aliphatic carbocycles. The first-order valence-corrected chi connectivity index (χ1v) is 9.92. The zero-order valence-electron chi connectivity index (χ0n) is 14.1. The van der Waals surface area contributed by atoms with Crippen molar-refractivity contribution in [2.75, 3.05) is 18.6 Å².